The lowest BCUT2D eigenvalue weighted by atomic mass is 9.71. The van der Waals surface area contributed by atoms with Gasteiger partial charge in [-0.2, -0.15) is 5.26 Å². The summed E-state index contributed by atoms with van der Waals surface area (Å²) in [6.07, 6.45) is 5.63. The zero-order valence-corrected chi connectivity index (χ0v) is 11.6. The predicted molar refractivity (Wildman–Crippen MR) is 74.5 cm³/mol. The Kier molecular flexibility index (Phi) is 4.23. The van der Waals surface area contributed by atoms with Gasteiger partial charge in [0.2, 0.25) is 0 Å². The lowest BCUT2D eigenvalue weighted by Crippen LogP contribution is -2.24. The molecular formula is C15H18N2O3. The number of nitro benzene ring substituents is 1. The van der Waals surface area contributed by atoms with Crippen LogP contribution >= 0.6 is 0 Å². The Hall–Kier alpha value is -2.09. The molecule has 0 saturated heterocycles. The van der Waals surface area contributed by atoms with Crippen LogP contribution in [0.15, 0.2) is 18.2 Å². The largest absolute Gasteiger partial charge is 0.490 e. The molecule has 1 aliphatic rings. The molecule has 0 heterocycles. The van der Waals surface area contributed by atoms with E-state index in [0.29, 0.717) is 6.42 Å². The van der Waals surface area contributed by atoms with Crippen molar-refractivity contribution in [3.8, 4) is 11.8 Å². The molecule has 1 aromatic rings. The third-order valence-electron chi connectivity index (χ3n) is 4.03. The number of nitro groups is 1. The summed E-state index contributed by atoms with van der Waals surface area (Å²) in [6, 6.07) is 7.41. The van der Waals surface area contributed by atoms with Crippen LogP contribution in [0.25, 0.3) is 0 Å². The van der Waals surface area contributed by atoms with Crippen molar-refractivity contribution in [1.29, 1.82) is 5.26 Å². The lowest BCUT2D eigenvalue weighted by Gasteiger charge is -2.30. The highest BCUT2D eigenvalue weighted by Crippen LogP contribution is 2.39. The van der Waals surface area contributed by atoms with Crippen molar-refractivity contribution in [3.05, 3.63) is 33.9 Å². The van der Waals surface area contributed by atoms with E-state index >= 15 is 0 Å². The number of benzene rings is 1. The fraction of sp³-hybridized carbons (Fsp3) is 0.533. The van der Waals surface area contributed by atoms with Gasteiger partial charge >= 0.3 is 5.69 Å². The Balaban J connectivity index is 2.27. The van der Waals surface area contributed by atoms with Gasteiger partial charge < -0.3 is 4.74 Å². The summed E-state index contributed by atoms with van der Waals surface area (Å²) in [5, 5.41) is 20.5. The summed E-state index contributed by atoms with van der Waals surface area (Å²) in [5.41, 5.74) is 0.440. The number of ether oxygens (including phenoxy) is 1. The molecule has 0 atom stereocenters. The number of hydrogen-bond acceptors (Lipinski definition) is 4. The van der Waals surface area contributed by atoms with Gasteiger partial charge in [0.05, 0.1) is 23.5 Å². The first-order chi connectivity index (χ1) is 9.60. The molecule has 0 radical (unpaired) electrons. The molecule has 0 N–H and O–H groups in total. The van der Waals surface area contributed by atoms with Crippen LogP contribution in [0.3, 0.4) is 0 Å². The van der Waals surface area contributed by atoms with Gasteiger partial charge in [0.1, 0.15) is 0 Å². The maximum Gasteiger partial charge on any atom is 0.311 e. The molecule has 20 heavy (non-hydrogen) atoms. The number of nitriles is 1. The first kappa shape index (κ1) is 14.3. The van der Waals surface area contributed by atoms with Gasteiger partial charge in [-0.1, -0.05) is 25.3 Å². The Morgan fingerprint density at radius 1 is 1.40 bits per heavy atom. The van der Waals surface area contributed by atoms with E-state index in [0.717, 1.165) is 31.2 Å². The molecule has 106 valence electrons. The average molecular weight is 274 g/mol. The minimum atomic E-state index is -0.442. The van der Waals surface area contributed by atoms with Crippen LogP contribution in [0.4, 0.5) is 5.69 Å². The normalized spacial score (nSPS) is 17.2. The van der Waals surface area contributed by atoms with Crippen molar-refractivity contribution < 1.29 is 9.66 Å². The number of rotatable bonds is 4. The second-order valence-electron chi connectivity index (χ2n) is 5.39. The predicted octanol–water partition coefficient (Wildman–Crippen LogP) is 3.62. The molecule has 2 rings (SSSR count). The number of hydrogen-bond donors (Lipinski definition) is 0. The first-order valence-corrected chi connectivity index (χ1v) is 6.83. The maximum atomic E-state index is 11.0. The zero-order valence-electron chi connectivity index (χ0n) is 11.6. The highest BCUT2D eigenvalue weighted by Gasteiger charge is 2.32. The van der Waals surface area contributed by atoms with Crippen LogP contribution in [-0.4, -0.2) is 12.0 Å². The van der Waals surface area contributed by atoms with Gasteiger partial charge in [0.15, 0.2) is 5.75 Å². The molecule has 5 heteroatoms. The van der Waals surface area contributed by atoms with Gasteiger partial charge in [-0.3, -0.25) is 10.1 Å². The molecule has 1 aromatic carbocycles. The van der Waals surface area contributed by atoms with E-state index in [9.17, 15) is 15.4 Å². The molecular weight excluding hydrogens is 256 g/mol. The van der Waals surface area contributed by atoms with Crippen molar-refractivity contribution in [2.45, 2.75) is 38.5 Å². The topological polar surface area (TPSA) is 76.2 Å². The summed E-state index contributed by atoms with van der Waals surface area (Å²) in [5.74, 6) is 0.258. The zero-order chi connectivity index (χ0) is 14.6. The van der Waals surface area contributed by atoms with E-state index in [-0.39, 0.29) is 16.9 Å². The third-order valence-corrected chi connectivity index (χ3v) is 4.03. The Bertz CT molecular complexity index is 543. The van der Waals surface area contributed by atoms with E-state index in [2.05, 4.69) is 6.07 Å². The summed E-state index contributed by atoms with van der Waals surface area (Å²) in [6.45, 7) is 0. The van der Waals surface area contributed by atoms with Crippen molar-refractivity contribution in [2.24, 2.45) is 5.41 Å². The van der Waals surface area contributed by atoms with Crippen LogP contribution in [0, 0.1) is 26.9 Å². The van der Waals surface area contributed by atoms with Crippen LogP contribution in [-0.2, 0) is 6.42 Å². The van der Waals surface area contributed by atoms with E-state index in [1.807, 2.05) is 6.07 Å². The van der Waals surface area contributed by atoms with Gasteiger partial charge in [0, 0.05) is 6.07 Å². The van der Waals surface area contributed by atoms with Gasteiger partial charge in [-0.25, -0.2) is 0 Å². The van der Waals surface area contributed by atoms with Crippen molar-refractivity contribution >= 4 is 5.69 Å². The Morgan fingerprint density at radius 3 is 2.65 bits per heavy atom. The van der Waals surface area contributed by atoms with Crippen LogP contribution in [0.5, 0.6) is 5.75 Å². The van der Waals surface area contributed by atoms with Crippen LogP contribution in [0.1, 0.15) is 37.7 Å². The minimum absolute atomic E-state index is 0.0334. The minimum Gasteiger partial charge on any atom is -0.490 e. The van der Waals surface area contributed by atoms with E-state index in [4.69, 9.17) is 4.74 Å². The number of nitrogens with zero attached hydrogens (tertiary/aromatic N) is 2. The standard InChI is InChI=1S/C15H18N2O3/c1-20-14-6-5-12(9-13(14)17(18)19)10-15(11-16)7-3-2-4-8-15/h5-6,9H,2-4,7-8,10H2,1H3. The fourth-order valence-corrected chi connectivity index (χ4v) is 2.94. The highest BCUT2D eigenvalue weighted by molar-refractivity contribution is 5.49. The van der Waals surface area contributed by atoms with Crippen molar-refractivity contribution in [2.75, 3.05) is 7.11 Å². The molecule has 0 amide bonds. The van der Waals surface area contributed by atoms with Crippen LogP contribution < -0.4 is 4.74 Å². The number of methoxy groups -OCH3 is 1. The molecule has 1 saturated carbocycles. The Morgan fingerprint density at radius 2 is 2.10 bits per heavy atom. The smallest absolute Gasteiger partial charge is 0.311 e. The van der Waals surface area contributed by atoms with Gasteiger partial charge in [-0.05, 0) is 30.9 Å². The fourth-order valence-electron chi connectivity index (χ4n) is 2.94. The molecule has 0 aliphatic heterocycles. The summed E-state index contributed by atoms with van der Waals surface area (Å²) in [7, 11) is 1.42. The quantitative estimate of drug-likeness (QED) is 0.620. The van der Waals surface area contributed by atoms with Gasteiger partial charge in [0.25, 0.3) is 0 Å². The SMILES string of the molecule is COc1ccc(CC2(C#N)CCCCC2)cc1[N+](=O)[O-]. The van der Waals surface area contributed by atoms with E-state index in [1.165, 1.54) is 19.6 Å². The van der Waals surface area contributed by atoms with E-state index < -0.39 is 4.92 Å². The van der Waals surface area contributed by atoms with Crippen molar-refractivity contribution in [1.82, 2.24) is 0 Å². The summed E-state index contributed by atoms with van der Waals surface area (Å²) < 4.78 is 5.00. The van der Waals surface area contributed by atoms with Crippen LogP contribution in [0.2, 0.25) is 0 Å². The van der Waals surface area contributed by atoms with E-state index in [1.54, 1.807) is 6.07 Å². The molecule has 1 fully saturated rings. The molecule has 0 unspecified atom stereocenters. The molecule has 0 spiro atoms. The van der Waals surface area contributed by atoms with Gasteiger partial charge in [-0.15, -0.1) is 0 Å². The second-order valence-corrected chi connectivity index (χ2v) is 5.39. The summed E-state index contributed by atoms with van der Waals surface area (Å²) >= 11 is 0. The summed E-state index contributed by atoms with van der Waals surface area (Å²) in [4.78, 5) is 10.6. The Labute approximate surface area is 118 Å². The second kappa shape index (κ2) is 5.91. The lowest BCUT2D eigenvalue weighted by molar-refractivity contribution is -0.385. The molecule has 5 nitrogen and oxygen atoms in total. The molecule has 0 bridgehead atoms. The highest BCUT2D eigenvalue weighted by atomic mass is 16.6. The maximum absolute atomic E-state index is 11.0. The average Bonchev–Trinajstić information content (AvgIpc) is 2.48. The monoisotopic (exact) mass is 274 g/mol. The third kappa shape index (κ3) is 2.90. The molecule has 0 aromatic heterocycles. The van der Waals surface area contributed by atoms with Crippen molar-refractivity contribution in [3.63, 3.8) is 0 Å². The first-order valence-electron chi connectivity index (χ1n) is 6.83. The molecule has 1 aliphatic carbocycles.